The first kappa shape index (κ1) is 36.5. The summed E-state index contributed by atoms with van der Waals surface area (Å²) in [5, 5.41) is 21.8. The first-order valence-corrected chi connectivity index (χ1v) is 18.0. The van der Waals surface area contributed by atoms with Crippen LogP contribution in [0.15, 0.2) is 84.6 Å². The number of carboxylic acids is 1. The van der Waals surface area contributed by atoms with Gasteiger partial charge in [0.15, 0.2) is 5.82 Å². The van der Waals surface area contributed by atoms with E-state index >= 15 is 4.79 Å². The minimum atomic E-state index is -4.77. The fourth-order valence-electron chi connectivity index (χ4n) is 9.18. The van der Waals surface area contributed by atoms with Gasteiger partial charge < -0.3 is 10.2 Å². The van der Waals surface area contributed by atoms with Crippen molar-refractivity contribution in [3.8, 4) is 5.75 Å². The third-order valence-corrected chi connectivity index (χ3v) is 12.0. The number of carboxylic acid groups (broad SMARTS) is 1. The van der Waals surface area contributed by atoms with Gasteiger partial charge in [0, 0.05) is 29.1 Å². The monoisotopic (exact) mass is 792 g/mol. The highest BCUT2D eigenvalue weighted by molar-refractivity contribution is 6.33. The van der Waals surface area contributed by atoms with Crippen molar-refractivity contribution < 1.29 is 47.4 Å². The summed E-state index contributed by atoms with van der Waals surface area (Å²) in [6, 6.07) is 17.0. The molecule has 55 heavy (non-hydrogen) atoms. The third-order valence-electron chi connectivity index (χ3n) is 11.4. The van der Waals surface area contributed by atoms with E-state index in [4.69, 9.17) is 23.2 Å². The number of pyridine rings is 1. The number of carbonyl (C=O) groups excluding carboxylic acids is 4. The van der Waals surface area contributed by atoms with Crippen molar-refractivity contribution in [1.29, 1.82) is 0 Å². The Hall–Kier alpha value is -5.47. The second kappa shape index (κ2) is 13.1. The van der Waals surface area contributed by atoms with Gasteiger partial charge in [-0.3, -0.25) is 34.3 Å². The second-order valence-electron chi connectivity index (χ2n) is 14.1. The zero-order chi connectivity index (χ0) is 39.1. The number of hydrazine groups is 1. The van der Waals surface area contributed by atoms with E-state index in [1.165, 1.54) is 6.07 Å². The van der Waals surface area contributed by atoms with Gasteiger partial charge in [0.25, 0.3) is 11.8 Å². The molecule has 0 radical (unpaired) electrons. The molecule has 11 nitrogen and oxygen atoms in total. The molecule has 0 spiro atoms. The van der Waals surface area contributed by atoms with Gasteiger partial charge in [-0.05, 0) is 59.5 Å². The molecule has 2 saturated heterocycles. The van der Waals surface area contributed by atoms with Crippen LogP contribution >= 0.6 is 23.2 Å². The number of amides is 4. The van der Waals surface area contributed by atoms with Crippen LogP contribution in [0, 0.1) is 23.7 Å². The molecular weight excluding hydrogens is 764 g/mol. The quantitative estimate of drug-likeness (QED) is 0.137. The van der Waals surface area contributed by atoms with Gasteiger partial charge in [0.05, 0.1) is 40.2 Å². The van der Waals surface area contributed by atoms with E-state index < -0.39 is 93.6 Å². The predicted molar refractivity (Wildman–Crippen MR) is 191 cm³/mol. The first-order valence-electron chi connectivity index (χ1n) is 17.3. The van der Waals surface area contributed by atoms with E-state index in [2.05, 4.69) is 10.4 Å². The number of aromatic hydroxyl groups is 1. The summed E-state index contributed by atoms with van der Waals surface area (Å²) in [6.45, 7) is -0.331. The summed E-state index contributed by atoms with van der Waals surface area (Å²) in [5.41, 5.74) is 1.16. The van der Waals surface area contributed by atoms with Crippen LogP contribution in [-0.4, -0.2) is 61.2 Å². The molecule has 1 saturated carbocycles. The molecule has 6 atom stereocenters. The number of fused-ring (bicyclic) bond motifs is 5. The van der Waals surface area contributed by atoms with Gasteiger partial charge in [-0.25, -0.2) is 4.98 Å². The minimum Gasteiger partial charge on any atom is -0.507 e. The number of alkyl halides is 3. The lowest BCUT2D eigenvalue weighted by Gasteiger charge is -2.51. The average Bonchev–Trinajstić information content (AvgIpc) is 3.52. The Labute approximate surface area is 320 Å². The molecule has 16 heteroatoms. The molecule has 3 fully saturated rings. The Morgan fingerprint density at radius 2 is 1.65 bits per heavy atom. The summed E-state index contributed by atoms with van der Waals surface area (Å²) >= 11 is 12.6. The maximum absolute atomic E-state index is 15.4. The number of likely N-dealkylation sites (tertiary alicyclic amines) is 1. The van der Waals surface area contributed by atoms with E-state index in [9.17, 15) is 42.6 Å². The van der Waals surface area contributed by atoms with E-state index in [1.54, 1.807) is 54.6 Å². The van der Waals surface area contributed by atoms with E-state index in [1.807, 2.05) is 6.08 Å². The fourth-order valence-corrected chi connectivity index (χ4v) is 9.51. The maximum Gasteiger partial charge on any atom is 0.417 e. The number of carbonyl (C=O) groups is 5. The first-order chi connectivity index (χ1) is 26.1. The molecule has 3 N–H and O–H groups in total. The molecule has 0 unspecified atom stereocenters. The van der Waals surface area contributed by atoms with Crippen molar-refractivity contribution in [2.45, 2.75) is 36.8 Å². The van der Waals surface area contributed by atoms with E-state index in [0.717, 1.165) is 4.90 Å². The Balaban J connectivity index is 1.35. The van der Waals surface area contributed by atoms with Crippen molar-refractivity contribution in [1.82, 2.24) is 14.9 Å². The molecular formula is C39H29Cl2F3N4O7. The lowest BCUT2D eigenvalue weighted by molar-refractivity contribution is -0.143. The number of anilines is 1. The van der Waals surface area contributed by atoms with Crippen molar-refractivity contribution in [2.24, 2.45) is 23.7 Å². The summed E-state index contributed by atoms with van der Waals surface area (Å²) < 4.78 is 40.5. The summed E-state index contributed by atoms with van der Waals surface area (Å²) in [4.78, 5) is 74.3. The topological polar surface area (TPSA) is 157 Å². The van der Waals surface area contributed by atoms with Crippen LogP contribution in [0.3, 0.4) is 0 Å². The zero-order valence-electron chi connectivity index (χ0n) is 28.4. The number of nitrogens with one attached hydrogen (secondary N) is 1. The molecule has 3 aromatic carbocycles. The van der Waals surface area contributed by atoms with Gasteiger partial charge >= 0.3 is 12.1 Å². The lowest BCUT2D eigenvalue weighted by Crippen LogP contribution is -2.53. The number of nitrogens with zero attached hydrogens (tertiary/aromatic N) is 3. The number of halogens is 5. The Morgan fingerprint density at radius 3 is 2.33 bits per heavy atom. The standard InChI is InChI=1S/C39H29Cl2F3N4O7/c40-20-7-5-18(6-8-20)38-27(35(53)48(37(38)55)46-33-28(41)15-19(17-45-33)39(42,43)44)16-26-24(32(38)23-11-12-29(49)22-4-2-1-3-21(22)23)9-10-25-31(26)36(54)47(34(25)52)14-13-30(50)51/h1-9,11-12,15,17,25-27,31-32,49H,10,13-14,16H2,(H,45,46)(H,50,51)/t25-,26+,27-,31-,32-,38+/m0/s1. The van der Waals surface area contributed by atoms with Crippen LogP contribution in [0.4, 0.5) is 19.0 Å². The number of rotatable bonds is 7. The van der Waals surface area contributed by atoms with E-state index in [-0.39, 0.29) is 25.1 Å². The number of hydrogen-bond acceptors (Lipinski definition) is 8. The van der Waals surface area contributed by atoms with E-state index in [0.29, 0.717) is 49.8 Å². The number of aromatic nitrogens is 1. The number of phenolic OH excluding ortho intramolecular Hbond substituents is 1. The van der Waals surface area contributed by atoms with Crippen molar-refractivity contribution in [3.63, 3.8) is 0 Å². The van der Waals surface area contributed by atoms with Crippen LogP contribution in [-0.2, 0) is 35.6 Å². The Morgan fingerprint density at radius 1 is 0.945 bits per heavy atom. The van der Waals surface area contributed by atoms with Crippen LogP contribution in [0.5, 0.6) is 5.75 Å². The Kier molecular flexibility index (Phi) is 8.69. The van der Waals surface area contributed by atoms with Gasteiger partial charge in [0.2, 0.25) is 11.8 Å². The summed E-state index contributed by atoms with van der Waals surface area (Å²) in [7, 11) is 0. The number of benzene rings is 3. The molecule has 0 bridgehead atoms. The summed E-state index contributed by atoms with van der Waals surface area (Å²) in [5.74, 6) is -9.16. The van der Waals surface area contributed by atoms with Gasteiger partial charge in [-0.1, -0.05) is 77.3 Å². The van der Waals surface area contributed by atoms with Gasteiger partial charge in [-0.15, -0.1) is 0 Å². The summed E-state index contributed by atoms with van der Waals surface area (Å²) in [6.07, 6.45) is -2.91. The second-order valence-corrected chi connectivity index (χ2v) is 15.0. The number of imide groups is 2. The van der Waals surface area contributed by atoms with Crippen LogP contribution in [0.1, 0.15) is 41.9 Å². The van der Waals surface area contributed by atoms with Crippen LogP contribution < -0.4 is 5.43 Å². The average molecular weight is 794 g/mol. The Bertz CT molecular complexity index is 2370. The molecule has 4 amide bonds. The maximum atomic E-state index is 15.4. The number of allylic oxidation sites excluding steroid dienone is 2. The molecule has 2 aliphatic carbocycles. The normalized spacial score (nSPS) is 26.2. The molecule has 3 heterocycles. The molecule has 8 rings (SSSR count). The highest BCUT2D eigenvalue weighted by Gasteiger charge is 2.70. The minimum absolute atomic E-state index is 0.0488. The molecule has 1 aromatic heterocycles. The van der Waals surface area contributed by atoms with Gasteiger partial charge in [-0.2, -0.15) is 18.2 Å². The molecule has 282 valence electrons. The van der Waals surface area contributed by atoms with Gasteiger partial charge in [0.1, 0.15) is 5.75 Å². The highest BCUT2D eigenvalue weighted by atomic mass is 35.5. The molecule has 4 aliphatic rings. The SMILES string of the molecule is O=C(O)CCN1C(=O)[C@H]2[C@H](CC=C3[C@H]2C[C@H]2C(=O)N(Nc4ncc(C(F)(F)F)cc4Cl)C(=O)[C@@]2(c2ccc(Cl)cc2)[C@H]3c2ccc(O)c3ccccc23)C1=O. The van der Waals surface area contributed by atoms with Crippen molar-refractivity contribution >= 4 is 69.4 Å². The number of phenols is 1. The number of aliphatic carboxylic acids is 1. The smallest absolute Gasteiger partial charge is 0.417 e. The lowest BCUT2D eigenvalue weighted by atomic mass is 9.49. The number of hydrogen-bond donors (Lipinski definition) is 3. The van der Waals surface area contributed by atoms with Crippen molar-refractivity contribution in [3.05, 3.63) is 111 Å². The third kappa shape index (κ3) is 5.55. The molecule has 2 aliphatic heterocycles. The molecule has 4 aromatic rings. The van der Waals surface area contributed by atoms with Crippen molar-refractivity contribution in [2.75, 3.05) is 12.0 Å². The zero-order valence-corrected chi connectivity index (χ0v) is 29.9. The predicted octanol–water partition coefficient (Wildman–Crippen LogP) is 6.73. The fraction of sp³-hybridized carbons (Fsp3) is 0.282. The van der Waals surface area contributed by atoms with Crippen LogP contribution in [0.2, 0.25) is 10.0 Å². The largest absolute Gasteiger partial charge is 0.507 e. The highest BCUT2D eigenvalue weighted by Crippen LogP contribution is 2.65. The van der Waals surface area contributed by atoms with Crippen LogP contribution in [0.25, 0.3) is 10.8 Å².